The topological polar surface area (TPSA) is 71.4 Å². The second kappa shape index (κ2) is 45.5. The second-order valence-corrected chi connectivity index (χ2v) is 12.3. The van der Waals surface area contributed by atoms with E-state index in [1.807, 2.05) is 13.8 Å². The average Bonchev–Trinajstić information content (AvgIpc) is 2.94. The van der Waals surface area contributed by atoms with E-state index in [9.17, 15) is 45.1 Å². The molecular weight excluding hydrogens is 806 g/mol. The predicted octanol–water partition coefficient (Wildman–Crippen LogP) is 14.1. The molecule has 0 bridgehead atoms. The number of halogens is 13. The van der Waals surface area contributed by atoms with E-state index in [2.05, 4.69) is 0 Å². The van der Waals surface area contributed by atoms with Gasteiger partial charge in [-0.15, -0.1) is 69.6 Å². The van der Waals surface area contributed by atoms with Crippen LogP contribution in [0.2, 0.25) is 0 Å². The maximum absolute atomic E-state index is 11.8. The molecule has 0 aliphatic heterocycles. The fraction of sp³-hybridized carbons (Fsp3) is 0.545. The number of rotatable bonds is 5. The highest BCUT2D eigenvalue weighted by molar-refractivity contribution is 6.41. The van der Waals surface area contributed by atoms with Crippen molar-refractivity contribution in [2.24, 2.45) is 11.8 Å². The lowest BCUT2D eigenvalue weighted by atomic mass is 10.1. The summed E-state index contributed by atoms with van der Waals surface area (Å²) in [6, 6.07) is 14.7. The summed E-state index contributed by atoms with van der Waals surface area (Å²) in [4.78, 5) is 29.3. The lowest BCUT2D eigenvalue weighted by molar-refractivity contribution is -0.137. The van der Waals surface area contributed by atoms with Gasteiger partial charge in [-0.2, -0.15) is 13.2 Å². The van der Waals surface area contributed by atoms with Gasteiger partial charge in [0.05, 0.1) is 27.1 Å². The van der Waals surface area contributed by atoms with Crippen LogP contribution in [-0.4, -0.2) is 51.5 Å². The number of carbonyl (C=O) groups excluding carboxylic acids is 2. The van der Waals surface area contributed by atoms with Gasteiger partial charge in [-0.25, -0.2) is 22.4 Å². The fourth-order valence-corrected chi connectivity index (χ4v) is 1.76. The van der Waals surface area contributed by atoms with Crippen molar-refractivity contribution in [3.8, 4) is 0 Å². The Balaban J connectivity index is -0.0000000864. The smallest absolute Gasteiger partial charge is 0.416 e. The second-order valence-electron chi connectivity index (χ2n) is 9.89. The van der Waals surface area contributed by atoms with Crippen LogP contribution in [0, 0.1) is 11.8 Å². The summed E-state index contributed by atoms with van der Waals surface area (Å²) >= 11 is 28.6. The summed E-state index contributed by atoms with van der Waals surface area (Å²) in [5, 5.41) is 8.97. The Labute approximate surface area is 322 Å². The van der Waals surface area contributed by atoms with Gasteiger partial charge in [0.25, 0.3) is 0 Å². The minimum absolute atomic E-state index is 0.0278. The van der Waals surface area contributed by atoms with Crippen LogP contribution in [-0.2, 0) is 15.8 Å². The van der Waals surface area contributed by atoms with E-state index in [0.717, 1.165) is 32.3 Å². The molecule has 2 rings (SSSR count). The highest BCUT2D eigenvalue weighted by Crippen LogP contribution is 2.28. The number of carboxylic acid groups (broad SMARTS) is 1. The summed E-state index contributed by atoms with van der Waals surface area (Å²) in [7, 11) is 0. The molecule has 0 fully saturated rings. The first-order valence-corrected chi connectivity index (χ1v) is 17.3. The lowest BCUT2D eigenvalue weighted by Gasteiger charge is -2.03. The molecule has 0 aliphatic rings. The van der Waals surface area contributed by atoms with Gasteiger partial charge < -0.3 is 14.7 Å². The summed E-state index contributed by atoms with van der Waals surface area (Å²) in [5.74, 6) is -2.56. The number of Topliss-reactive ketones (excluding diaryl/α,β-unsaturated/α-hetero) is 1. The molecule has 0 atom stereocenters. The Morgan fingerprint density at radius 1 is 0.700 bits per heavy atom. The number of ketones is 1. The molecule has 0 unspecified atom stereocenters. The number of carbonyl (C=O) groups is 3. The molecule has 296 valence electrons. The van der Waals surface area contributed by atoms with Crippen LogP contribution in [0.15, 0.2) is 60.7 Å². The van der Waals surface area contributed by atoms with Crippen LogP contribution in [0.1, 0.15) is 84.2 Å². The maximum Gasteiger partial charge on any atom is 0.416 e. The van der Waals surface area contributed by atoms with E-state index in [-0.39, 0.29) is 34.1 Å². The van der Waals surface area contributed by atoms with Crippen molar-refractivity contribution in [1.29, 1.82) is 0 Å². The monoisotopic (exact) mass is 852 g/mol. The summed E-state index contributed by atoms with van der Waals surface area (Å²) in [5.41, 5.74) is -0.271. The summed E-state index contributed by atoms with van der Waals surface area (Å²) in [6.07, 6.45) is -4.66. The first kappa shape index (κ1) is 63.5. The number of benzene rings is 2. The molecule has 17 heteroatoms. The molecule has 1 N–H and O–H groups in total. The summed E-state index contributed by atoms with van der Waals surface area (Å²) < 4.78 is 80.0. The van der Waals surface area contributed by atoms with Crippen molar-refractivity contribution >= 4 is 87.6 Å². The standard InChI is InChI=1S/C7H5F3.C7H6O2.C5H10F2.C5H10O.C3H6F2.C3H6O.3CH2Cl2/c8-7(9,10)6-4-2-1-3-5-6;8-7(9)6-4-2-1-3-5-6;1-4(2)3-5(6)7;1-5(2)3-4-6;1-3(2,4)5;1-3(2)4;3*2-1-3/h1-5H;1-5H,(H,8,9);4-5H,3H2,1-2H3;4-5H,3H2,1-2H3;1-2H3;1-2H3;3*1H2. The van der Waals surface area contributed by atoms with Gasteiger partial charge in [-0.1, -0.05) is 76.2 Å². The highest BCUT2D eigenvalue weighted by Gasteiger charge is 2.29. The zero-order valence-corrected chi connectivity index (χ0v) is 33.7. The molecule has 4 nitrogen and oxygen atoms in total. The van der Waals surface area contributed by atoms with Gasteiger partial charge in [0.15, 0.2) is 0 Å². The molecule has 0 saturated heterocycles. The molecule has 0 saturated carbocycles. The van der Waals surface area contributed by atoms with Gasteiger partial charge >= 0.3 is 12.1 Å². The molecule has 0 aromatic heterocycles. The van der Waals surface area contributed by atoms with E-state index in [1.54, 1.807) is 50.2 Å². The number of hydrogen-bond donors (Lipinski definition) is 1. The molecule has 0 radical (unpaired) electrons. The molecule has 0 amide bonds. The number of carboxylic acids is 1. The zero-order chi connectivity index (χ0) is 41.4. The SMILES string of the molecule is CC(C)(F)F.CC(C)=O.CC(C)CC(F)F.CC(C)CC=O.ClCCl.ClCCl.ClCCl.FC(F)(F)c1ccccc1.O=C(O)c1ccccc1. The molecule has 2 aromatic rings. The number of aldehydes is 1. The molecule has 0 aliphatic carbocycles. The van der Waals surface area contributed by atoms with E-state index in [1.165, 1.54) is 26.0 Å². The van der Waals surface area contributed by atoms with Crippen molar-refractivity contribution in [1.82, 2.24) is 0 Å². The van der Waals surface area contributed by atoms with Crippen molar-refractivity contribution in [2.75, 3.05) is 16.0 Å². The van der Waals surface area contributed by atoms with E-state index >= 15 is 0 Å². The largest absolute Gasteiger partial charge is 0.478 e. The van der Waals surface area contributed by atoms with Crippen molar-refractivity contribution in [3.63, 3.8) is 0 Å². The van der Waals surface area contributed by atoms with E-state index in [4.69, 9.17) is 74.7 Å². The first-order chi connectivity index (χ1) is 22.8. The maximum atomic E-state index is 11.8. The van der Waals surface area contributed by atoms with Crippen LogP contribution in [0.4, 0.5) is 30.7 Å². The molecule has 0 heterocycles. The molecular formula is C33H49Cl6F7O4. The van der Waals surface area contributed by atoms with Crippen molar-refractivity contribution in [3.05, 3.63) is 71.8 Å². The van der Waals surface area contributed by atoms with Crippen molar-refractivity contribution in [2.45, 2.75) is 86.8 Å². The average molecular weight is 855 g/mol. The van der Waals surface area contributed by atoms with Crippen LogP contribution in [0.3, 0.4) is 0 Å². The number of hydrogen-bond acceptors (Lipinski definition) is 3. The van der Waals surface area contributed by atoms with Crippen molar-refractivity contribution < 1.29 is 50.2 Å². The van der Waals surface area contributed by atoms with Crippen LogP contribution in [0.25, 0.3) is 0 Å². The third-order valence-electron chi connectivity index (χ3n) is 3.34. The third-order valence-corrected chi connectivity index (χ3v) is 3.34. The Hall–Kier alpha value is -1.50. The normalized spacial score (nSPS) is 9.36. The van der Waals surface area contributed by atoms with Gasteiger partial charge in [0.2, 0.25) is 12.3 Å². The minimum atomic E-state index is -4.21. The number of alkyl halides is 13. The molecule has 50 heavy (non-hydrogen) atoms. The lowest BCUT2D eigenvalue weighted by Crippen LogP contribution is -2.03. The Morgan fingerprint density at radius 3 is 1.08 bits per heavy atom. The Bertz CT molecular complexity index is 948. The highest BCUT2D eigenvalue weighted by atomic mass is 35.5. The summed E-state index contributed by atoms with van der Waals surface area (Å²) in [6.45, 7) is 12.4. The predicted molar refractivity (Wildman–Crippen MR) is 198 cm³/mol. The number of aromatic carboxylic acids is 1. The van der Waals surface area contributed by atoms with Gasteiger partial charge in [-0.3, -0.25) is 0 Å². The first-order valence-electron chi connectivity index (χ1n) is 14.1. The van der Waals surface area contributed by atoms with E-state index in [0.29, 0.717) is 17.9 Å². The van der Waals surface area contributed by atoms with Gasteiger partial charge in [0.1, 0.15) is 12.1 Å². The van der Waals surface area contributed by atoms with Crippen LogP contribution in [0.5, 0.6) is 0 Å². The third kappa shape index (κ3) is 97.0. The molecule has 0 spiro atoms. The van der Waals surface area contributed by atoms with E-state index < -0.39 is 30.1 Å². The van der Waals surface area contributed by atoms with Gasteiger partial charge in [-0.05, 0) is 51.7 Å². The minimum Gasteiger partial charge on any atom is -0.478 e. The quantitative estimate of drug-likeness (QED) is 0.185. The van der Waals surface area contributed by atoms with Crippen LogP contribution >= 0.6 is 69.6 Å². The fourth-order valence-electron chi connectivity index (χ4n) is 1.76. The van der Waals surface area contributed by atoms with Gasteiger partial charge in [0, 0.05) is 12.8 Å². The Kier molecular flexibility index (Phi) is 57.8. The zero-order valence-electron chi connectivity index (χ0n) is 29.2. The van der Waals surface area contributed by atoms with Crippen LogP contribution < -0.4 is 0 Å². The molecule has 2 aromatic carbocycles. The Morgan fingerprint density at radius 2 is 0.980 bits per heavy atom.